The predicted octanol–water partition coefficient (Wildman–Crippen LogP) is 13.1. The summed E-state index contributed by atoms with van der Waals surface area (Å²) in [5, 5.41) is 5.64. The number of aromatic nitrogens is 4. The van der Waals surface area contributed by atoms with Gasteiger partial charge in [-0.3, -0.25) is 4.98 Å². The van der Waals surface area contributed by atoms with Crippen LogP contribution in [0.5, 0.6) is 0 Å². The minimum Gasteiger partial charge on any atom is -0.486 e. The van der Waals surface area contributed by atoms with Gasteiger partial charge in [-0.15, -0.1) is 65.4 Å². The van der Waals surface area contributed by atoms with Crippen molar-refractivity contribution in [2.45, 2.75) is 53.7 Å². The molecule has 0 aliphatic heterocycles. The van der Waals surface area contributed by atoms with Crippen LogP contribution in [-0.2, 0) is 26.5 Å². The Morgan fingerprint density at radius 3 is 2.34 bits per heavy atom. The minimum absolute atomic E-state index is 0. The largest absolute Gasteiger partial charge is 0.486 e. The number of thiophene rings is 1. The van der Waals surface area contributed by atoms with Crippen molar-refractivity contribution in [1.82, 2.24) is 19.5 Å². The molecule has 0 saturated carbocycles. The number of fused-ring (bicyclic) bond motifs is 7. The summed E-state index contributed by atoms with van der Waals surface area (Å²) in [6.07, 6.45) is 0.469. The number of pyridine rings is 2. The van der Waals surface area contributed by atoms with Crippen LogP contribution < -0.4 is 5.19 Å². The number of imidazole rings is 1. The van der Waals surface area contributed by atoms with E-state index >= 15 is 0 Å². The fourth-order valence-electron chi connectivity index (χ4n) is 7.45. The van der Waals surface area contributed by atoms with Crippen molar-refractivity contribution in [2.24, 2.45) is 5.41 Å². The summed E-state index contributed by atoms with van der Waals surface area (Å²) in [6.45, 7) is 14.5. The summed E-state index contributed by atoms with van der Waals surface area (Å²) in [5.41, 5.74) is 8.17. The van der Waals surface area contributed by atoms with Crippen molar-refractivity contribution >= 4 is 77.9 Å². The molecule has 291 valence electrons. The molecule has 10 rings (SSSR count). The molecule has 58 heavy (non-hydrogen) atoms. The van der Waals surface area contributed by atoms with Gasteiger partial charge in [-0.25, -0.2) is 4.98 Å². The van der Waals surface area contributed by atoms with Gasteiger partial charge in [0.05, 0.1) is 30.5 Å². The average molecular weight is 971 g/mol. The van der Waals surface area contributed by atoms with Gasteiger partial charge in [0.2, 0.25) is 5.71 Å². The van der Waals surface area contributed by atoms with Crippen molar-refractivity contribution in [3.8, 4) is 28.3 Å². The van der Waals surface area contributed by atoms with Crippen LogP contribution in [0.2, 0.25) is 19.6 Å². The van der Waals surface area contributed by atoms with Crippen LogP contribution in [0.25, 0.3) is 81.6 Å². The number of nitrogens with zero attached hydrogens (tertiary/aromatic N) is 4. The van der Waals surface area contributed by atoms with Crippen molar-refractivity contribution in [3.63, 3.8) is 0 Å². The normalized spacial score (nSPS) is 12.7. The Balaban J connectivity index is 0.000000182. The first kappa shape index (κ1) is 37.1. The molecule has 0 bridgehead atoms. The van der Waals surface area contributed by atoms with Gasteiger partial charge < -0.3 is 14.0 Å². The second kappa shape index (κ2) is 15.5. The molecule has 0 aliphatic rings. The SMILES string of the molecule is Cc1ccc2c(n1)oc1c(-c3nc4ccccc4n3-c3ccc4sc5ccccc5c4c3)[c-]ccc12.[2H]C([2H])(c1cc(-c2[c-]cccc2)ncc1[Si](C)(C)C)C(C)(C)C.[Ir]. The first-order valence-electron chi connectivity index (χ1n) is 20.3. The number of aryl methyl sites for hydroxylation is 1. The minimum atomic E-state index is -1.70. The van der Waals surface area contributed by atoms with Crippen molar-refractivity contribution in [2.75, 3.05) is 0 Å². The third-order valence-corrected chi connectivity index (χ3v) is 13.2. The predicted molar refractivity (Wildman–Crippen MR) is 243 cm³/mol. The quantitative estimate of drug-likeness (QED) is 0.127. The zero-order valence-electron chi connectivity index (χ0n) is 35.6. The number of benzene rings is 5. The zero-order valence-corrected chi connectivity index (χ0v) is 37.8. The second-order valence-corrected chi connectivity index (χ2v) is 22.7. The molecule has 8 heteroatoms. The van der Waals surface area contributed by atoms with Crippen LogP contribution in [0.4, 0.5) is 0 Å². The molecule has 0 unspecified atom stereocenters. The molecule has 5 aromatic heterocycles. The maximum atomic E-state index is 8.75. The Labute approximate surface area is 361 Å². The Kier molecular flexibility index (Phi) is 9.90. The molecule has 0 amide bonds. The molecule has 5 aromatic carbocycles. The van der Waals surface area contributed by atoms with Gasteiger partial charge in [-0.05, 0) is 78.1 Å². The third-order valence-electron chi connectivity index (χ3n) is 10.0. The molecule has 5 nitrogen and oxygen atoms in total. The first-order chi connectivity index (χ1) is 28.2. The van der Waals surface area contributed by atoms with Crippen molar-refractivity contribution in [3.05, 3.63) is 151 Å². The number of hydrogen-bond donors (Lipinski definition) is 0. The monoisotopic (exact) mass is 971 g/mol. The van der Waals surface area contributed by atoms with E-state index in [1.807, 2.05) is 99.8 Å². The number of rotatable bonds is 5. The standard InChI is InChI=1S/C31H18N3OS.C19H26NSi.Ir/c1-18-13-15-22-21-8-6-9-23(29(21)35-31(22)32-18)30-33-25-10-3-4-11-26(25)34(30)19-14-16-28-24(17-19)20-7-2-5-12-27(20)36-28;1-19(2,3)13-16-12-17(15-10-8-7-9-11-15)20-14-18(16)21(4,5)6;/h2-8,10-17H,1H3;7-10,12,14H,13H2,1-6H3;/q2*-1;/i;13D2;. The summed E-state index contributed by atoms with van der Waals surface area (Å²) in [5.74, 6) is 0.802. The Morgan fingerprint density at radius 2 is 1.55 bits per heavy atom. The van der Waals surface area contributed by atoms with Gasteiger partial charge in [-0.2, -0.15) is 0 Å². The third kappa shape index (κ3) is 7.58. The van der Waals surface area contributed by atoms with E-state index < -0.39 is 19.9 Å². The van der Waals surface area contributed by atoms with Crippen LogP contribution >= 0.6 is 11.3 Å². The van der Waals surface area contributed by atoms with E-state index in [1.54, 1.807) is 0 Å². The molecular weight excluding hydrogens is 925 g/mol. The van der Waals surface area contributed by atoms with E-state index in [1.165, 1.54) is 20.2 Å². The summed E-state index contributed by atoms with van der Waals surface area (Å²) < 4.78 is 28.6. The Morgan fingerprint density at radius 1 is 0.776 bits per heavy atom. The fraction of sp³-hybridized carbons (Fsp3) is 0.180. The maximum Gasteiger partial charge on any atom is 0.216 e. The Hall–Kier alpha value is -5.24. The molecule has 10 aromatic rings. The number of para-hydroxylation sites is 2. The van der Waals surface area contributed by atoms with E-state index in [4.69, 9.17) is 12.1 Å². The molecule has 0 aliphatic carbocycles. The van der Waals surface area contributed by atoms with Gasteiger partial charge >= 0.3 is 0 Å². The van der Waals surface area contributed by atoms with Crippen LogP contribution in [-0.4, -0.2) is 27.6 Å². The molecule has 0 fully saturated rings. The van der Waals surface area contributed by atoms with Gasteiger partial charge in [0.15, 0.2) is 0 Å². The topological polar surface area (TPSA) is 56.7 Å². The van der Waals surface area contributed by atoms with Gasteiger partial charge in [0, 0.05) is 66.0 Å². The van der Waals surface area contributed by atoms with E-state index in [0.29, 0.717) is 5.71 Å². The Bertz CT molecular complexity index is 3200. The molecule has 0 spiro atoms. The maximum absolute atomic E-state index is 8.75. The fourth-order valence-corrected chi connectivity index (χ4v) is 9.93. The molecule has 0 saturated heterocycles. The van der Waals surface area contributed by atoms with Gasteiger partial charge in [0.1, 0.15) is 0 Å². The van der Waals surface area contributed by atoms with E-state index in [0.717, 1.165) is 72.2 Å². The zero-order chi connectivity index (χ0) is 41.3. The van der Waals surface area contributed by atoms with E-state index in [2.05, 4.69) is 113 Å². The summed E-state index contributed by atoms with van der Waals surface area (Å²) in [4.78, 5) is 14.3. The molecular formula is C50H44IrN4OSSi-2. The van der Waals surface area contributed by atoms with Gasteiger partial charge in [0.25, 0.3) is 0 Å². The number of furan rings is 1. The van der Waals surface area contributed by atoms with Crippen LogP contribution in [0.1, 0.15) is 34.8 Å². The van der Waals surface area contributed by atoms with Crippen LogP contribution in [0, 0.1) is 24.5 Å². The molecule has 0 N–H and O–H groups in total. The molecule has 5 heterocycles. The molecule has 0 atom stereocenters. The average Bonchev–Trinajstić information content (AvgIpc) is 3.91. The summed E-state index contributed by atoms with van der Waals surface area (Å²) in [7, 11) is -1.70. The smallest absolute Gasteiger partial charge is 0.216 e. The summed E-state index contributed by atoms with van der Waals surface area (Å²) in [6, 6.07) is 47.8. The van der Waals surface area contributed by atoms with E-state index in [9.17, 15) is 0 Å². The summed E-state index contributed by atoms with van der Waals surface area (Å²) >= 11 is 1.82. The molecule has 1 radical (unpaired) electrons. The van der Waals surface area contributed by atoms with E-state index in [-0.39, 0.29) is 20.1 Å². The second-order valence-electron chi connectivity index (χ2n) is 16.6. The van der Waals surface area contributed by atoms with Crippen molar-refractivity contribution in [1.29, 1.82) is 0 Å². The first-order valence-corrected chi connectivity index (χ1v) is 23.6. The van der Waals surface area contributed by atoms with Crippen LogP contribution in [0.3, 0.4) is 0 Å². The van der Waals surface area contributed by atoms with Crippen molar-refractivity contribution < 1.29 is 27.3 Å². The van der Waals surface area contributed by atoms with Gasteiger partial charge in [-0.1, -0.05) is 93.3 Å². The van der Waals surface area contributed by atoms with Crippen LogP contribution in [0.15, 0.2) is 132 Å². The number of hydrogen-bond acceptors (Lipinski definition) is 5.